The smallest absolute Gasteiger partial charge is 0.0541 e. The Morgan fingerprint density at radius 2 is 0.933 bits per heavy atom. The molecule has 0 unspecified atom stereocenters. The zero-order chi connectivity index (χ0) is 30.3. The van der Waals surface area contributed by atoms with Crippen molar-refractivity contribution in [3.63, 3.8) is 0 Å². The van der Waals surface area contributed by atoms with Crippen LogP contribution >= 0.6 is 0 Å². The highest BCUT2D eigenvalue weighted by Gasteiger charge is 2.18. The van der Waals surface area contributed by atoms with Gasteiger partial charge in [0.15, 0.2) is 0 Å². The molecule has 0 amide bonds. The predicted molar refractivity (Wildman–Crippen MR) is 190 cm³/mol. The van der Waals surface area contributed by atoms with Crippen molar-refractivity contribution in [2.24, 2.45) is 0 Å². The molecule has 2 nitrogen and oxygen atoms in total. The largest absolute Gasteiger partial charge is 0.309 e. The number of nitrogens with zero attached hydrogens (tertiary/aromatic N) is 2. The van der Waals surface area contributed by atoms with Gasteiger partial charge < -0.3 is 4.57 Å². The minimum Gasteiger partial charge on any atom is -0.309 e. The fourth-order valence-corrected chi connectivity index (χ4v) is 6.66. The molecule has 45 heavy (non-hydrogen) atoms. The van der Waals surface area contributed by atoms with E-state index in [4.69, 9.17) is 0 Å². The van der Waals surface area contributed by atoms with Crippen LogP contribution in [0.1, 0.15) is 11.1 Å². The molecule has 2 heteroatoms. The van der Waals surface area contributed by atoms with Crippen LogP contribution in [0.2, 0.25) is 0 Å². The molecular formula is C43H32N2. The van der Waals surface area contributed by atoms with Gasteiger partial charge in [0.1, 0.15) is 0 Å². The maximum Gasteiger partial charge on any atom is 0.0541 e. The molecule has 8 aromatic rings. The summed E-state index contributed by atoms with van der Waals surface area (Å²) in [5.74, 6) is 0. The summed E-state index contributed by atoms with van der Waals surface area (Å²) in [6, 6.07) is 53.0. The first-order valence-electron chi connectivity index (χ1n) is 15.5. The minimum absolute atomic E-state index is 1.15. The van der Waals surface area contributed by atoms with Crippen LogP contribution < -0.4 is 0 Å². The molecule has 0 aliphatic rings. The van der Waals surface area contributed by atoms with Crippen molar-refractivity contribution in [1.82, 2.24) is 9.55 Å². The van der Waals surface area contributed by atoms with Crippen molar-refractivity contribution in [2.75, 3.05) is 0 Å². The Morgan fingerprint density at radius 1 is 0.422 bits per heavy atom. The minimum atomic E-state index is 1.15. The summed E-state index contributed by atoms with van der Waals surface area (Å²) in [7, 11) is 0. The van der Waals surface area contributed by atoms with E-state index >= 15 is 0 Å². The topological polar surface area (TPSA) is 17.8 Å². The second-order valence-corrected chi connectivity index (χ2v) is 11.8. The van der Waals surface area contributed by atoms with E-state index in [2.05, 4.69) is 169 Å². The van der Waals surface area contributed by atoms with E-state index in [1.165, 1.54) is 71.9 Å². The normalized spacial score (nSPS) is 11.3. The van der Waals surface area contributed by atoms with E-state index in [9.17, 15) is 0 Å². The van der Waals surface area contributed by atoms with Crippen LogP contribution in [0.3, 0.4) is 0 Å². The molecule has 8 rings (SSSR count). The quantitative estimate of drug-likeness (QED) is 0.199. The molecule has 0 saturated carbocycles. The van der Waals surface area contributed by atoms with Gasteiger partial charge in [-0.05, 0) is 119 Å². The number of benzene rings is 6. The van der Waals surface area contributed by atoms with E-state index < -0.39 is 0 Å². The van der Waals surface area contributed by atoms with Gasteiger partial charge in [0.05, 0.1) is 11.0 Å². The lowest BCUT2D eigenvalue weighted by Crippen LogP contribution is -1.95. The second kappa shape index (κ2) is 11.1. The van der Waals surface area contributed by atoms with E-state index in [1.54, 1.807) is 0 Å². The lowest BCUT2D eigenvalue weighted by molar-refractivity contribution is 1.18. The van der Waals surface area contributed by atoms with Gasteiger partial charge in [0, 0.05) is 28.9 Å². The van der Waals surface area contributed by atoms with Gasteiger partial charge in [0.2, 0.25) is 0 Å². The molecule has 0 N–H and O–H groups in total. The van der Waals surface area contributed by atoms with Gasteiger partial charge in [-0.2, -0.15) is 0 Å². The number of aromatic nitrogens is 2. The molecule has 0 atom stereocenters. The molecule has 2 aromatic heterocycles. The molecule has 6 aromatic carbocycles. The molecule has 2 heterocycles. The molecule has 214 valence electrons. The number of aryl methyl sites for hydroxylation is 2. The zero-order valence-electron chi connectivity index (χ0n) is 25.4. The van der Waals surface area contributed by atoms with E-state index in [0.29, 0.717) is 0 Å². The Labute approximate surface area is 263 Å². The van der Waals surface area contributed by atoms with Crippen LogP contribution in [0.25, 0.3) is 72.0 Å². The van der Waals surface area contributed by atoms with Gasteiger partial charge in [-0.25, -0.2) is 0 Å². The molecule has 0 aliphatic heterocycles. The molecule has 0 spiro atoms. The molecule has 0 aliphatic carbocycles. The van der Waals surface area contributed by atoms with Crippen LogP contribution in [0.4, 0.5) is 0 Å². The summed E-state index contributed by atoms with van der Waals surface area (Å²) in [6.07, 6.45) is 3.73. The first kappa shape index (κ1) is 26.9. The van der Waals surface area contributed by atoms with Crippen molar-refractivity contribution < 1.29 is 0 Å². The Kier molecular flexibility index (Phi) is 6.61. The summed E-state index contributed by atoms with van der Waals surface area (Å²) in [6.45, 7) is 4.34. The average Bonchev–Trinajstić information content (AvgIpc) is 3.41. The van der Waals surface area contributed by atoms with Crippen LogP contribution in [0.15, 0.2) is 158 Å². The number of hydrogen-bond donors (Lipinski definition) is 0. The molecular weight excluding hydrogens is 544 g/mol. The van der Waals surface area contributed by atoms with Crippen LogP contribution in [-0.2, 0) is 0 Å². The van der Waals surface area contributed by atoms with Gasteiger partial charge in [0.25, 0.3) is 0 Å². The summed E-state index contributed by atoms with van der Waals surface area (Å²) in [5.41, 5.74) is 15.7. The van der Waals surface area contributed by atoms with Crippen molar-refractivity contribution >= 4 is 21.8 Å². The number of rotatable bonds is 5. The Hall–Kier alpha value is -5.73. The van der Waals surface area contributed by atoms with Gasteiger partial charge >= 0.3 is 0 Å². The SMILES string of the molecule is Cc1ccc2c(c1)c1cc(C)ccc1n2-c1ccc(-c2cc(-c3ccncc3)cc(-c3ccccc3)c2-c2ccccc2)cc1. The van der Waals surface area contributed by atoms with E-state index in [0.717, 1.165) is 11.3 Å². The highest BCUT2D eigenvalue weighted by molar-refractivity contribution is 6.09. The van der Waals surface area contributed by atoms with E-state index in [-0.39, 0.29) is 0 Å². The summed E-state index contributed by atoms with van der Waals surface area (Å²) in [4.78, 5) is 4.28. The van der Waals surface area contributed by atoms with E-state index in [1.807, 2.05) is 12.4 Å². The maximum absolute atomic E-state index is 4.28. The summed E-state index contributed by atoms with van der Waals surface area (Å²) in [5, 5.41) is 2.59. The zero-order valence-corrected chi connectivity index (χ0v) is 25.4. The highest BCUT2D eigenvalue weighted by Crippen LogP contribution is 2.43. The average molecular weight is 577 g/mol. The highest BCUT2D eigenvalue weighted by atomic mass is 15.0. The monoisotopic (exact) mass is 576 g/mol. The Morgan fingerprint density at radius 3 is 1.49 bits per heavy atom. The fraction of sp³-hybridized carbons (Fsp3) is 0.0465. The summed E-state index contributed by atoms with van der Waals surface area (Å²) < 4.78 is 2.40. The Balaban J connectivity index is 1.36. The first-order chi connectivity index (χ1) is 22.1. The van der Waals surface area contributed by atoms with Gasteiger partial charge in [-0.1, -0.05) is 96.1 Å². The third-order valence-corrected chi connectivity index (χ3v) is 8.81. The lowest BCUT2D eigenvalue weighted by Gasteiger charge is -2.19. The van der Waals surface area contributed by atoms with Crippen molar-refractivity contribution in [3.8, 4) is 50.2 Å². The Bertz CT molecular complexity index is 2240. The number of hydrogen-bond acceptors (Lipinski definition) is 1. The second-order valence-electron chi connectivity index (χ2n) is 11.8. The van der Waals surface area contributed by atoms with Gasteiger partial charge in [-0.3, -0.25) is 4.98 Å². The standard InChI is InChI=1S/C43H32N2/c1-29-13-19-41-39(25-29)40-26-30(2)14-20-42(40)45(41)36-17-15-33(16-18-36)38-28-35(31-21-23-44-24-22-31)27-37(32-9-5-3-6-10-32)43(38)34-11-7-4-8-12-34/h3-28H,1-2H3. The van der Waals surface area contributed by atoms with Crippen LogP contribution in [0, 0.1) is 13.8 Å². The third kappa shape index (κ3) is 4.81. The lowest BCUT2D eigenvalue weighted by atomic mass is 9.85. The van der Waals surface area contributed by atoms with Crippen molar-refractivity contribution in [1.29, 1.82) is 0 Å². The molecule has 0 radical (unpaired) electrons. The predicted octanol–water partition coefficient (Wildman–Crippen LogP) is 11.5. The van der Waals surface area contributed by atoms with Crippen molar-refractivity contribution in [2.45, 2.75) is 13.8 Å². The number of fused-ring (bicyclic) bond motifs is 3. The molecule has 0 saturated heterocycles. The van der Waals surface area contributed by atoms with Gasteiger partial charge in [-0.15, -0.1) is 0 Å². The molecule has 0 fully saturated rings. The fourth-order valence-electron chi connectivity index (χ4n) is 6.66. The van der Waals surface area contributed by atoms with Crippen molar-refractivity contribution in [3.05, 3.63) is 169 Å². The van der Waals surface area contributed by atoms with Crippen LogP contribution in [-0.4, -0.2) is 9.55 Å². The first-order valence-corrected chi connectivity index (χ1v) is 15.5. The third-order valence-electron chi connectivity index (χ3n) is 8.81. The number of pyridine rings is 1. The summed E-state index contributed by atoms with van der Waals surface area (Å²) >= 11 is 0. The molecule has 0 bridgehead atoms. The van der Waals surface area contributed by atoms with Crippen LogP contribution in [0.5, 0.6) is 0 Å². The maximum atomic E-state index is 4.28.